The van der Waals surface area contributed by atoms with Crippen LogP contribution in [0, 0.1) is 0 Å². The third-order valence-corrected chi connectivity index (χ3v) is 11.1. The second-order valence-corrected chi connectivity index (χ2v) is 17.2. The highest BCUT2D eigenvalue weighted by Gasteiger charge is 2.35. The second kappa shape index (κ2) is 32.5. The fourth-order valence-electron chi connectivity index (χ4n) is 7.19. The van der Waals surface area contributed by atoms with Crippen LogP contribution in [-0.4, -0.2) is 155 Å². The molecule has 0 aliphatic carbocycles. The predicted octanol–water partition coefficient (Wildman–Crippen LogP) is -5.50. The summed E-state index contributed by atoms with van der Waals surface area (Å²) >= 11 is 0. The largest absolute Gasteiger partial charge is 0.508 e. The number of unbranched alkanes of at least 4 members (excludes halogenated alkanes) is 9. The van der Waals surface area contributed by atoms with Gasteiger partial charge in [0.2, 0.25) is 70.9 Å². The van der Waals surface area contributed by atoms with E-state index in [9.17, 15) is 72.9 Å². The zero-order valence-electron chi connectivity index (χ0n) is 40.3. The summed E-state index contributed by atoms with van der Waals surface area (Å²) in [5.41, 5.74) is 16.3. The fourth-order valence-corrected chi connectivity index (χ4v) is 7.19. The molecular weight excluding hydrogens is 949 g/mol. The van der Waals surface area contributed by atoms with Crippen molar-refractivity contribution < 1.29 is 72.9 Å². The maximum Gasteiger partial charge on any atom is 0.245 e. The van der Waals surface area contributed by atoms with Gasteiger partial charge in [0.1, 0.15) is 48.0 Å². The Bertz CT molecular complexity index is 2060. The third-order valence-electron chi connectivity index (χ3n) is 11.1. The number of aliphatic hydroxyl groups is 2. The van der Waals surface area contributed by atoms with E-state index >= 15 is 0 Å². The summed E-state index contributed by atoms with van der Waals surface area (Å²) in [5, 5.41) is 50.3. The van der Waals surface area contributed by atoms with E-state index in [4.69, 9.17) is 17.2 Å². The topological polar surface area (TPSA) is 452 Å². The molecule has 0 radical (unpaired) electrons. The molecule has 12 amide bonds. The van der Waals surface area contributed by atoms with Gasteiger partial charge >= 0.3 is 0 Å². The van der Waals surface area contributed by atoms with E-state index in [2.05, 4.69) is 54.8 Å². The summed E-state index contributed by atoms with van der Waals surface area (Å²) in [6.45, 7) is -1.03. The van der Waals surface area contributed by atoms with E-state index in [0.717, 1.165) is 44.9 Å². The maximum atomic E-state index is 13.9. The molecule has 0 aromatic heterocycles. The standard InChI is InChI=1S/C45H70N12O15/c1-2-3-4-5-6-7-8-9-10-11-16-49-39(66)31-21-37(64)52-32(23-58)44(71)53-27(17-25-12-14-26(60)15-13-25)41(68)54-28(18-34(46)61)40(67)50-22-38(65)51-29(19-35(47)62)42(69)57-33(24-59)45(72)55-30(20-36(48)63)43(70)56-31/h12-15,27-33,58-60H,2-11,16-24H2,1H3,(H2,46,61)(H2,47,62)(H2,48,63)(H,49,66)(H,50,67)(H,51,65)(H,52,64)(H,53,71)(H,54,68)(H,55,72)(H,56,70)(H,57,69)/t27-,28-,29-,30-,31+,32+,33-/m0/s1. The normalized spacial score (nSPS) is 22.4. The number of aromatic hydroxyl groups is 1. The van der Waals surface area contributed by atoms with Crippen LogP contribution in [0.5, 0.6) is 5.75 Å². The number of phenolic OH excluding ortho intramolecular Hbond substituents is 1. The molecule has 400 valence electrons. The first-order valence-electron chi connectivity index (χ1n) is 23.7. The molecule has 0 unspecified atom stereocenters. The molecule has 1 saturated heterocycles. The van der Waals surface area contributed by atoms with E-state index in [0.29, 0.717) is 12.0 Å². The molecule has 1 fully saturated rings. The Morgan fingerprint density at radius 1 is 0.528 bits per heavy atom. The second-order valence-electron chi connectivity index (χ2n) is 17.2. The van der Waals surface area contributed by atoms with Gasteiger partial charge in [0.15, 0.2) is 0 Å². The summed E-state index contributed by atoms with van der Waals surface area (Å²) in [6.07, 6.45) is 5.91. The minimum atomic E-state index is -1.95. The lowest BCUT2D eigenvalue weighted by molar-refractivity contribution is -0.137. The summed E-state index contributed by atoms with van der Waals surface area (Å²) in [4.78, 5) is 158. The van der Waals surface area contributed by atoms with Gasteiger partial charge in [-0.1, -0.05) is 76.8 Å². The maximum absolute atomic E-state index is 13.9. The van der Waals surface area contributed by atoms with E-state index in [1.165, 1.54) is 37.1 Å². The number of benzene rings is 1. The molecule has 1 aliphatic heterocycles. The van der Waals surface area contributed by atoms with Gasteiger partial charge in [-0.05, 0) is 24.1 Å². The minimum absolute atomic E-state index is 0.0912. The first-order valence-corrected chi connectivity index (χ1v) is 23.7. The van der Waals surface area contributed by atoms with Crippen LogP contribution in [-0.2, 0) is 64.0 Å². The lowest BCUT2D eigenvalue weighted by Gasteiger charge is -2.26. The molecule has 27 nitrogen and oxygen atoms in total. The van der Waals surface area contributed by atoms with Crippen molar-refractivity contribution in [3.63, 3.8) is 0 Å². The van der Waals surface area contributed by atoms with Crippen molar-refractivity contribution in [2.45, 2.75) is 146 Å². The predicted molar refractivity (Wildman–Crippen MR) is 253 cm³/mol. The van der Waals surface area contributed by atoms with Crippen LogP contribution < -0.4 is 65.1 Å². The van der Waals surface area contributed by atoms with Gasteiger partial charge in [-0.3, -0.25) is 57.5 Å². The van der Waals surface area contributed by atoms with Crippen molar-refractivity contribution in [1.82, 2.24) is 47.9 Å². The number of nitrogens with two attached hydrogens (primary N) is 3. The molecule has 72 heavy (non-hydrogen) atoms. The van der Waals surface area contributed by atoms with Gasteiger partial charge in [-0.25, -0.2) is 0 Å². The van der Waals surface area contributed by atoms with Gasteiger partial charge in [0.25, 0.3) is 0 Å². The zero-order valence-corrected chi connectivity index (χ0v) is 40.3. The first-order chi connectivity index (χ1) is 34.2. The van der Waals surface area contributed by atoms with Crippen molar-refractivity contribution in [3.05, 3.63) is 29.8 Å². The highest BCUT2D eigenvalue weighted by Crippen LogP contribution is 2.13. The van der Waals surface area contributed by atoms with E-state index in [1.807, 2.05) is 0 Å². The number of hydrogen-bond donors (Lipinski definition) is 15. The minimum Gasteiger partial charge on any atom is -0.508 e. The quantitative estimate of drug-likeness (QED) is 0.0482. The molecule has 1 aromatic rings. The molecule has 27 heteroatoms. The smallest absolute Gasteiger partial charge is 0.245 e. The van der Waals surface area contributed by atoms with Crippen LogP contribution >= 0.6 is 0 Å². The van der Waals surface area contributed by atoms with Gasteiger partial charge in [-0.2, -0.15) is 0 Å². The molecule has 2 rings (SSSR count). The Labute approximate surface area is 415 Å². The van der Waals surface area contributed by atoms with Crippen LogP contribution in [0.2, 0.25) is 0 Å². The molecule has 1 aliphatic rings. The molecule has 0 spiro atoms. The third kappa shape index (κ3) is 23.5. The summed E-state index contributed by atoms with van der Waals surface area (Å²) < 4.78 is 0. The Kier molecular flexibility index (Phi) is 27.4. The Hall–Kier alpha value is -7.42. The fraction of sp³-hybridized carbons (Fsp3) is 0.600. The Morgan fingerprint density at radius 3 is 1.44 bits per heavy atom. The molecule has 7 atom stereocenters. The summed E-state index contributed by atoms with van der Waals surface area (Å²) in [6, 6.07) is -7.58. The van der Waals surface area contributed by atoms with Crippen LogP contribution in [0.15, 0.2) is 24.3 Å². The van der Waals surface area contributed by atoms with Crippen LogP contribution in [0.1, 0.15) is 102 Å². The number of rotatable bonds is 22. The van der Waals surface area contributed by atoms with Crippen molar-refractivity contribution in [3.8, 4) is 5.75 Å². The van der Waals surface area contributed by atoms with Gasteiger partial charge in [-0.15, -0.1) is 0 Å². The van der Waals surface area contributed by atoms with Crippen molar-refractivity contribution in [1.29, 1.82) is 0 Å². The van der Waals surface area contributed by atoms with Crippen LogP contribution in [0.3, 0.4) is 0 Å². The first kappa shape index (κ1) is 60.7. The lowest BCUT2D eigenvalue weighted by Crippen LogP contribution is -2.60. The number of phenols is 1. The summed E-state index contributed by atoms with van der Waals surface area (Å²) in [7, 11) is 0. The molecule has 1 aromatic carbocycles. The van der Waals surface area contributed by atoms with E-state index in [-0.39, 0.29) is 18.7 Å². The number of carbonyl (C=O) groups excluding carboxylic acids is 12. The highest BCUT2D eigenvalue weighted by atomic mass is 16.3. The Balaban J connectivity index is 2.58. The molecular formula is C45H70N12O15. The number of hydrogen-bond acceptors (Lipinski definition) is 15. The van der Waals surface area contributed by atoms with E-state index < -0.39 is 159 Å². The highest BCUT2D eigenvalue weighted by molar-refractivity contribution is 6.00. The average Bonchev–Trinajstić information content (AvgIpc) is 3.31. The lowest BCUT2D eigenvalue weighted by atomic mass is 10.0. The van der Waals surface area contributed by atoms with Crippen molar-refractivity contribution in [2.75, 3.05) is 26.3 Å². The SMILES string of the molecule is CCCCCCCCCCCCNC(=O)[C@H]1CC(=O)N[C@H](CO)C(=O)N[C@@H](Cc2ccc(O)cc2)C(=O)N[C@@H](CC(N)=O)C(=O)NCC(=O)N[C@@H](CC(N)=O)C(=O)N[C@@H](CO)C(=O)N[C@@H](CC(N)=O)C(=O)N1. The number of nitrogens with one attached hydrogen (secondary N) is 9. The number of carbonyl (C=O) groups is 12. The molecule has 0 bridgehead atoms. The number of primary amides is 3. The van der Waals surface area contributed by atoms with Crippen LogP contribution in [0.25, 0.3) is 0 Å². The number of amides is 12. The van der Waals surface area contributed by atoms with Gasteiger partial charge < -0.3 is 80.4 Å². The van der Waals surface area contributed by atoms with Crippen LogP contribution in [0.4, 0.5) is 0 Å². The summed E-state index contributed by atoms with van der Waals surface area (Å²) in [5.74, 6) is -14.2. The van der Waals surface area contributed by atoms with Gasteiger partial charge in [0.05, 0.1) is 45.4 Å². The van der Waals surface area contributed by atoms with E-state index in [1.54, 1.807) is 0 Å². The van der Waals surface area contributed by atoms with Crippen molar-refractivity contribution >= 4 is 70.9 Å². The molecule has 0 saturated carbocycles. The zero-order chi connectivity index (χ0) is 53.8. The average molecular weight is 1020 g/mol. The monoisotopic (exact) mass is 1020 g/mol. The van der Waals surface area contributed by atoms with Crippen molar-refractivity contribution in [2.24, 2.45) is 17.2 Å². The molecule has 1 heterocycles. The number of aliphatic hydroxyl groups excluding tert-OH is 2. The molecule has 18 N–H and O–H groups in total. The van der Waals surface area contributed by atoms with Gasteiger partial charge in [0, 0.05) is 13.0 Å². The Morgan fingerprint density at radius 2 is 0.931 bits per heavy atom.